The summed E-state index contributed by atoms with van der Waals surface area (Å²) < 4.78 is 26.4. The molecule has 0 aliphatic carbocycles. The van der Waals surface area contributed by atoms with E-state index in [2.05, 4.69) is 27.9 Å². The molecule has 1 amide bonds. The van der Waals surface area contributed by atoms with E-state index in [4.69, 9.17) is 14.5 Å². The highest BCUT2D eigenvalue weighted by atomic mass is 19.1. The molecular weight excluding hydrogens is 535 g/mol. The van der Waals surface area contributed by atoms with Crippen LogP contribution >= 0.6 is 0 Å². The van der Waals surface area contributed by atoms with E-state index in [0.29, 0.717) is 18.1 Å². The fourth-order valence-electron chi connectivity index (χ4n) is 5.94. The van der Waals surface area contributed by atoms with Crippen LogP contribution in [0.1, 0.15) is 33.6 Å². The van der Waals surface area contributed by atoms with Crippen LogP contribution in [0.25, 0.3) is 22.2 Å². The maximum atomic E-state index is 15.2. The third-order valence-corrected chi connectivity index (χ3v) is 8.16. The Balaban J connectivity index is 1.37. The standard InChI is InChI=1S/C32H43FN6O3/c1-31(2,3)42-30(40)38(7)14-15-41-29-9-8-22(19-34-29)25-17-27(39-13-11-32(21-39)10-12-37(6)20-32)23-16-24(33)28(36(4)5)18-26(23)35-25/h8-9,16-19H,10-15,20-21H2,1-7H3. The predicted octanol–water partition coefficient (Wildman–Crippen LogP) is 5.28. The molecule has 2 aliphatic heterocycles. The Hall–Kier alpha value is -3.66. The van der Waals surface area contributed by atoms with E-state index < -0.39 is 11.7 Å². The van der Waals surface area contributed by atoms with Gasteiger partial charge in [-0.3, -0.25) is 0 Å². The van der Waals surface area contributed by atoms with Gasteiger partial charge in [-0.05, 0) is 71.5 Å². The number of amides is 1. The van der Waals surface area contributed by atoms with Crippen molar-refractivity contribution in [2.24, 2.45) is 5.41 Å². The van der Waals surface area contributed by atoms with Crippen molar-refractivity contribution in [1.29, 1.82) is 0 Å². The Labute approximate surface area is 248 Å². The molecule has 2 fully saturated rings. The quantitative estimate of drug-likeness (QED) is 0.375. The molecule has 0 bridgehead atoms. The molecule has 1 unspecified atom stereocenters. The number of benzene rings is 1. The number of likely N-dealkylation sites (tertiary alicyclic amines) is 1. The molecule has 2 aromatic heterocycles. The summed E-state index contributed by atoms with van der Waals surface area (Å²) in [5.41, 5.74) is 3.63. The highest BCUT2D eigenvalue weighted by Crippen LogP contribution is 2.43. The lowest BCUT2D eigenvalue weighted by Gasteiger charge is -2.26. The number of fused-ring (bicyclic) bond motifs is 1. The van der Waals surface area contributed by atoms with Crippen LogP contribution in [0, 0.1) is 11.2 Å². The first kappa shape index (κ1) is 29.8. The maximum Gasteiger partial charge on any atom is 0.410 e. The van der Waals surface area contributed by atoms with Gasteiger partial charge in [-0.2, -0.15) is 0 Å². The number of ether oxygens (including phenoxy) is 2. The van der Waals surface area contributed by atoms with Crippen LogP contribution in [0.3, 0.4) is 0 Å². The lowest BCUT2D eigenvalue weighted by molar-refractivity contribution is 0.0277. The van der Waals surface area contributed by atoms with Gasteiger partial charge in [0.15, 0.2) is 0 Å². The summed E-state index contributed by atoms with van der Waals surface area (Å²) in [4.78, 5) is 29.7. The van der Waals surface area contributed by atoms with Crippen molar-refractivity contribution >= 4 is 28.4 Å². The van der Waals surface area contributed by atoms with Crippen LogP contribution in [0.2, 0.25) is 0 Å². The van der Waals surface area contributed by atoms with Crippen molar-refractivity contribution in [3.8, 4) is 17.1 Å². The number of hydrogen-bond acceptors (Lipinski definition) is 8. The number of anilines is 2. The first-order valence-corrected chi connectivity index (χ1v) is 14.6. The molecule has 1 spiro atoms. The number of carbonyl (C=O) groups is 1. The van der Waals surface area contributed by atoms with Crippen molar-refractivity contribution in [2.45, 2.75) is 39.2 Å². The number of nitrogens with zero attached hydrogens (tertiary/aromatic N) is 6. The van der Waals surface area contributed by atoms with Gasteiger partial charge < -0.3 is 29.1 Å². The number of pyridine rings is 2. The SMILES string of the molecule is CN1CCC2(CCN(c3cc(-c4ccc(OCCN(C)C(=O)OC(C)(C)C)nc4)nc4cc(N(C)C)c(F)cc34)C2)C1. The molecule has 5 rings (SSSR count). The molecule has 2 saturated heterocycles. The third-order valence-electron chi connectivity index (χ3n) is 8.16. The Morgan fingerprint density at radius 3 is 2.50 bits per heavy atom. The van der Waals surface area contributed by atoms with Crippen molar-refractivity contribution < 1.29 is 18.7 Å². The van der Waals surface area contributed by atoms with Gasteiger partial charge in [0.25, 0.3) is 0 Å². The topological polar surface area (TPSA) is 74.3 Å². The van der Waals surface area contributed by atoms with E-state index in [-0.39, 0.29) is 17.8 Å². The van der Waals surface area contributed by atoms with Gasteiger partial charge in [-0.25, -0.2) is 19.2 Å². The highest BCUT2D eigenvalue weighted by molar-refractivity contribution is 5.96. The van der Waals surface area contributed by atoms with E-state index in [9.17, 15) is 4.79 Å². The molecule has 9 nitrogen and oxygen atoms in total. The molecule has 3 aromatic rings. The number of halogens is 1. The Morgan fingerprint density at radius 2 is 1.86 bits per heavy atom. The third kappa shape index (κ3) is 6.53. The van der Waals surface area contributed by atoms with Crippen molar-refractivity contribution in [1.82, 2.24) is 19.8 Å². The number of rotatable bonds is 7. The van der Waals surface area contributed by atoms with Crippen molar-refractivity contribution in [3.05, 3.63) is 42.3 Å². The fraction of sp³-hybridized carbons (Fsp3) is 0.531. The molecule has 42 heavy (non-hydrogen) atoms. The van der Waals surface area contributed by atoms with Crippen molar-refractivity contribution in [2.75, 3.05) is 77.3 Å². The summed E-state index contributed by atoms with van der Waals surface area (Å²) in [6.45, 7) is 10.3. The Morgan fingerprint density at radius 1 is 1.10 bits per heavy atom. The summed E-state index contributed by atoms with van der Waals surface area (Å²) in [5.74, 6) is 0.208. The molecule has 226 valence electrons. The Bertz CT molecular complexity index is 1440. The van der Waals surface area contributed by atoms with E-state index in [1.165, 1.54) is 11.3 Å². The van der Waals surface area contributed by atoms with Crippen LogP contribution in [0.5, 0.6) is 5.88 Å². The zero-order chi connectivity index (χ0) is 30.2. The van der Waals surface area contributed by atoms with Gasteiger partial charge in [0, 0.05) is 75.1 Å². The zero-order valence-corrected chi connectivity index (χ0v) is 25.9. The maximum absolute atomic E-state index is 15.2. The van der Waals surface area contributed by atoms with Gasteiger partial charge in [0.2, 0.25) is 5.88 Å². The number of carbonyl (C=O) groups excluding carboxylic acids is 1. The molecule has 10 heteroatoms. The smallest absolute Gasteiger partial charge is 0.410 e. The number of aromatic nitrogens is 2. The summed E-state index contributed by atoms with van der Waals surface area (Å²) >= 11 is 0. The molecule has 1 aromatic carbocycles. The fourth-order valence-corrected chi connectivity index (χ4v) is 5.94. The van der Waals surface area contributed by atoms with Gasteiger partial charge in [-0.1, -0.05) is 0 Å². The van der Waals surface area contributed by atoms with Gasteiger partial charge >= 0.3 is 6.09 Å². The van der Waals surface area contributed by atoms with Crippen molar-refractivity contribution in [3.63, 3.8) is 0 Å². The second kappa shape index (κ2) is 11.6. The largest absolute Gasteiger partial charge is 0.476 e. The van der Waals surface area contributed by atoms with E-state index >= 15 is 4.39 Å². The molecule has 0 saturated carbocycles. The van der Waals surface area contributed by atoms with Crippen LogP contribution in [0.4, 0.5) is 20.6 Å². The van der Waals surface area contributed by atoms with Crippen LogP contribution in [-0.4, -0.2) is 99.0 Å². The second-order valence-electron chi connectivity index (χ2n) is 13.0. The minimum Gasteiger partial charge on any atom is -0.476 e. The average molecular weight is 579 g/mol. The molecular formula is C32H43FN6O3. The Kier molecular flexibility index (Phi) is 8.20. The number of hydrogen-bond donors (Lipinski definition) is 0. The minimum absolute atomic E-state index is 0.252. The summed E-state index contributed by atoms with van der Waals surface area (Å²) in [6.07, 6.45) is 3.67. The highest BCUT2D eigenvalue weighted by Gasteiger charge is 2.42. The molecule has 0 radical (unpaired) electrons. The monoisotopic (exact) mass is 578 g/mol. The van der Waals surface area contributed by atoms with E-state index in [1.807, 2.05) is 53.1 Å². The lowest BCUT2D eigenvalue weighted by Crippen LogP contribution is -2.36. The van der Waals surface area contributed by atoms with Gasteiger partial charge in [0.1, 0.15) is 18.0 Å². The summed E-state index contributed by atoms with van der Waals surface area (Å²) in [6, 6.07) is 9.28. The van der Waals surface area contributed by atoms with Crippen LogP contribution in [0.15, 0.2) is 36.5 Å². The van der Waals surface area contributed by atoms with Crippen LogP contribution < -0.4 is 14.5 Å². The zero-order valence-electron chi connectivity index (χ0n) is 25.9. The summed E-state index contributed by atoms with van der Waals surface area (Å²) in [5, 5.41) is 0.826. The predicted molar refractivity (Wildman–Crippen MR) is 165 cm³/mol. The number of likely N-dealkylation sites (N-methyl/N-ethyl adjacent to an activating group) is 1. The van der Waals surface area contributed by atoms with E-state index in [0.717, 1.165) is 60.4 Å². The average Bonchev–Trinajstić information content (AvgIpc) is 3.51. The summed E-state index contributed by atoms with van der Waals surface area (Å²) in [7, 11) is 7.54. The molecule has 4 heterocycles. The minimum atomic E-state index is -0.550. The molecule has 1 atom stereocenters. The first-order chi connectivity index (χ1) is 19.8. The molecule has 2 aliphatic rings. The molecule has 0 N–H and O–H groups in total. The van der Waals surface area contributed by atoms with Gasteiger partial charge in [0.05, 0.1) is 23.4 Å². The van der Waals surface area contributed by atoms with Gasteiger partial charge in [-0.15, -0.1) is 0 Å². The first-order valence-electron chi connectivity index (χ1n) is 14.6. The lowest BCUT2D eigenvalue weighted by atomic mass is 9.86. The normalized spacial score (nSPS) is 19.1. The van der Waals surface area contributed by atoms with E-state index in [1.54, 1.807) is 24.2 Å². The van der Waals surface area contributed by atoms with Crippen LogP contribution in [-0.2, 0) is 4.74 Å². The second-order valence-corrected chi connectivity index (χ2v) is 13.0.